The molecule has 3 nitrogen and oxygen atoms in total. The third kappa shape index (κ3) is 2.43. The summed E-state index contributed by atoms with van der Waals surface area (Å²) < 4.78 is 13.4. The molecule has 0 aliphatic carbocycles. The first-order valence-electron chi connectivity index (χ1n) is 4.56. The van der Waals surface area contributed by atoms with E-state index in [0.29, 0.717) is 11.4 Å². The van der Waals surface area contributed by atoms with Gasteiger partial charge in [0, 0.05) is 18.0 Å². The summed E-state index contributed by atoms with van der Waals surface area (Å²) in [6, 6.07) is 3.89. The van der Waals surface area contributed by atoms with Crippen LogP contribution in [0.5, 0.6) is 0 Å². The number of hydrogen-bond acceptors (Lipinski definition) is 3. The Hall–Kier alpha value is -1.52. The molecule has 6 heteroatoms. The van der Waals surface area contributed by atoms with Gasteiger partial charge < -0.3 is 0 Å². The molecule has 0 fully saturated rings. The van der Waals surface area contributed by atoms with Crippen molar-refractivity contribution in [3.8, 4) is 11.4 Å². The number of halogens is 3. The standard InChI is InChI=1S/C11H5Cl2FN2O/c12-8-5-9(14)7(10(13)17)4-6(8)11-15-2-1-3-16-11/h1-5H. The molecule has 2 rings (SSSR count). The van der Waals surface area contributed by atoms with Gasteiger partial charge in [0.25, 0.3) is 5.24 Å². The number of nitrogens with zero attached hydrogens (tertiary/aromatic N) is 2. The number of benzene rings is 1. The zero-order chi connectivity index (χ0) is 12.4. The summed E-state index contributed by atoms with van der Waals surface area (Å²) in [6.45, 7) is 0. The molecule has 17 heavy (non-hydrogen) atoms. The van der Waals surface area contributed by atoms with Crippen molar-refractivity contribution in [2.24, 2.45) is 0 Å². The van der Waals surface area contributed by atoms with Crippen molar-refractivity contribution < 1.29 is 9.18 Å². The summed E-state index contributed by atoms with van der Waals surface area (Å²) in [4.78, 5) is 18.9. The lowest BCUT2D eigenvalue weighted by Gasteiger charge is -2.05. The number of aromatic nitrogens is 2. The van der Waals surface area contributed by atoms with E-state index in [-0.39, 0.29) is 10.6 Å². The number of rotatable bonds is 2. The molecule has 2 aromatic rings. The molecule has 0 aliphatic heterocycles. The molecule has 0 unspecified atom stereocenters. The van der Waals surface area contributed by atoms with E-state index < -0.39 is 11.1 Å². The molecule has 1 aromatic heterocycles. The maximum Gasteiger partial charge on any atom is 0.255 e. The fourth-order valence-electron chi connectivity index (χ4n) is 1.31. The molecule has 0 radical (unpaired) electrons. The van der Waals surface area contributed by atoms with E-state index in [1.165, 1.54) is 18.5 Å². The van der Waals surface area contributed by atoms with E-state index in [1.807, 2.05) is 0 Å². The molecule has 0 amide bonds. The smallest absolute Gasteiger partial charge is 0.255 e. The predicted octanol–water partition coefficient (Wildman–Crippen LogP) is 3.32. The van der Waals surface area contributed by atoms with Gasteiger partial charge >= 0.3 is 0 Å². The number of carbonyl (C=O) groups is 1. The Bertz CT molecular complexity index is 575. The average molecular weight is 271 g/mol. The van der Waals surface area contributed by atoms with Crippen molar-refractivity contribution in [1.29, 1.82) is 0 Å². The highest BCUT2D eigenvalue weighted by molar-refractivity contribution is 6.67. The van der Waals surface area contributed by atoms with Gasteiger partial charge in [-0.3, -0.25) is 4.79 Å². The normalized spacial score (nSPS) is 10.3. The molecule has 0 saturated heterocycles. The molecule has 86 valence electrons. The second-order valence-corrected chi connectivity index (χ2v) is 3.91. The van der Waals surface area contributed by atoms with Crippen LogP contribution in [0.2, 0.25) is 5.02 Å². The Morgan fingerprint density at radius 3 is 2.47 bits per heavy atom. The van der Waals surface area contributed by atoms with Gasteiger partial charge in [0.2, 0.25) is 0 Å². The molecule has 0 N–H and O–H groups in total. The molecule has 0 aliphatic rings. The monoisotopic (exact) mass is 270 g/mol. The fourth-order valence-corrected chi connectivity index (χ4v) is 1.69. The largest absolute Gasteiger partial charge is 0.275 e. The average Bonchev–Trinajstić information content (AvgIpc) is 2.29. The van der Waals surface area contributed by atoms with E-state index in [2.05, 4.69) is 9.97 Å². The lowest BCUT2D eigenvalue weighted by atomic mass is 10.1. The Labute approximate surface area is 106 Å². The maximum atomic E-state index is 13.4. The summed E-state index contributed by atoms with van der Waals surface area (Å²) in [6.07, 6.45) is 3.04. The quantitative estimate of drug-likeness (QED) is 0.787. The Kier molecular flexibility index (Phi) is 3.36. The SMILES string of the molecule is O=C(Cl)c1cc(-c2ncccn2)c(Cl)cc1F. The van der Waals surface area contributed by atoms with Crippen LogP contribution in [0.3, 0.4) is 0 Å². The van der Waals surface area contributed by atoms with E-state index in [4.69, 9.17) is 23.2 Å². The van der Waals surface area contributed by atoms with Crippen LogP contribution < -0.4 is 0 Å². The van der Waals surface area contributed by atoms with Gasteiger partial charge in [0.05, 0.1) is 10.6 Å². The van der Waals surface area contributed by atoms with E-state index in [9.17, 15) is 9.18 Å². The zero-order valence-corrected chi connectivity index (χ0v) is 9.84. The van der Waals surface area contributed by atoms with Crippen LogP contribution in [0.15, 0.2) is 30.6 Å². The minimum absolute atomic E-state index is 0.121. The van der Waals surface area contributed by atoms with Crippen molar-refractivity contribution in [2.75, 3.05) is 0 Å². The van der Waals surface area contributed by atoms with Crippen LogP contribution in [0.25, 0.3) is 11.4 Å². The molecule has 0 spiro atoms. The first-order valence-corrected chi connectivity index (χ1v) is 5.31. The van der Waals surface area contributed by atoms with Crippen molar-refractivity contribution in [2.45, 2.75) is 0 Å². The number of hydrogen-bond donors (Lipinski definition) is 0. The van der Waals surface area contributed by atoms with Crippen molar-refractivity contribution in [1.82, 2.24) is 9.97 Å². The lowest BCUT2D eigenvalue weighted by Crippen LogP contribution is -1.97. The second kappa shape index (κ2) is 4.77. The van der Waals surface area contributed by atoms with Crippen molar-refractivity contribution in [3.63, 3.8) is 0 Å². The first kappa shape index (κ1) is 12.0. The summed E-state index contributed by atoms with van der Waals surface area (Å²) in [5.41, 5.74) is 0.108. The van der Waals surface area contributed by atoms with Gasteiger partial charge in [-0.2, -0.15) is 0 Å². The lowest BCUT2D eigenvalue weighted by molar-refractivity contribution is 0.107. The summed E-state index contributed by atoms with van der Waals surface area (Å²) >= 11 is 11.1. The maximum absolute atomic E-state index is 13.4. The van der Waals surface area contributed by atoms with Gasteiger partial charge in [0.15, 0.2) is 5.82 Å². The van der Waals surface area contributed by atoms with Gasteiger partial charge in [-0.1, -0.05) is 11.6 Å². The zero-order valence-electron chi connectivity index (χ0n) is 8.32. The third-order valence-corrected chi connectivity index (χ3v) is 2.59. The fraction of sp³-hybridized carbons (Fsp3) is 0. The predicted molar refractivity (Wildman–Crippen MR) is 62.6 cm³/mol. The van der Waals surface area contributed by atoms with Gasteiger partial charge in [-0.25, -0.2) is 14.4 Å². The highest BCUT2D eigenvalue weighted by Gasteiger charge is 2.15. The molecule has 1 aromatic carbocycles. The summed E-state index contributed by atoms with van der Waals surface area (Å²) in [5, 5.41) is -0.772. The van der Waals surface area contributed by atoms with Gasteiger partial charge in [-0.15, -0.1) is 0 Å². The van der Waals surface area contributed by atoms with Crippen molar-refractivity contribution >= 4 is 28.4 Å². The molecule has 0 atom stereocenters. The molecular formula is C11H5Cl2FN2O. The van der Waals surface area contributed by atoms with Crippen LogP contribution >= 0.6 is 23.2 Å². The topological polar surface area (TPSA) is 42.9 Å². The van der Waals surface area contributed by atoms with Crippen LogP contribution in [0.1, 0.15) is 10.4 Å². The Balaban J connectivity index is 2.63. The van der Waals surface area contributed by atoms with E-state index in [1.54, 1.807) is 6.07 Å². The first-order chi connectivity index (χ1) is 8.09. The molecular weight excluding hydrogens is 266 g/mol. The van der Waals surface area contributed by atoms with Crippen LogP contribution in [-0.2, 0) is 0 Å². The number of carbonyl (C=O) groups excluding carboxylic acids is 1. The van der Waals surface area contributed by atoms with E-state index >= 15 is 0 Å². The minimum atomic E-state index is -0.892. The highest BCUT2D eigenvalue weighted by atomic mass is 35.5. The van der Waals surface area contributed by atoms with E-state index in [0.717, 1.165) is 6.07 Å². The van der Waals surface area contributed by atoms with Crippen molar-refractivity contribution in [3.05, 3.63) is 47.0 Å². The summed E-state index contributed by atoms with van der Waals surface area (Å²) in [7, 11) is 0. The molecule has 1 heterocycles. The van der Waals surface area contributed by atoms with Crippen LogP contribution in [0, 0.1) is 5.82 Å². The minimum Gasteiger partial charge on any atom is -0.275 e. The van der Waals surface area contributed by atoms with Crippen LogP contribution in [-0.4, -0.2) is 15.2 Å². The Morgan fingerprint density at radius 2 is 1.88 bits per heavy atom. The molecule has 0 bridgehead atoms. The van der Waals surface area contributed by atoms with Crippen LogP contribution in [0.4, 0.5) is 4.39 Å². The second-order valence-electron chi connectivity index (χ2n) is 3.16. The van der Waals surface area contributed by atoms with Gasteiger partial charge in [-0.05, 0) is 29.8 Å². The molecule has 0 saturated carbocycles. The highest BCUT2D eigenvalue weighted by Crippen LogP contribution is 2.28. The Morgan fingerprint density at radius 1 is 1.24 bits per heavy atom. The summed E-state index contributed by atoms with van der Waals surface area (Å²) in [5.74, 6) is -0.466. The third-order valence-electron chi connectivity index (χ3n) is 2.08. The van der Waals surface area contributed by atoms with Gasteiger partial charge in [0.1, 0.15) is 5.82 Å².